The molecule has 6 nitrogen and oxygen atoms in total. The molecule has 1 aliphatic heterocycles. The Morgan fingerprint density at radius 2 is 1.63 bits per heavy atom. The number of urea groups is 1. The van der Waals surface area contributed by atoms with Crippen LogP contribution in [0.15, 0.2) is 30.3 Å². The van der Waals surface area contributed by atoms with Crippen LogP contribution in [0.25, 0.3) is 5.57 Å². The lowest BCUT2D eigenvalue weighted by atomic mass is 9.34. The topological polar surface area (TPSA) is 81.7 Å². The van der Waals surface area contributed by atoms with E-state index in [0.717, 1.165) is 45.4 Å². The highest BCUT2D eigenvalue weighted by Gasteiger charge is 2.68. The Hall–Kier alpha value is -2.34. The fraction of sp³-hybridized carbons (Fsp3) is 0.730. The molecule has 1 aromatic rings. The average molecular weight is 588 g/mol. The van der Waals surface area contributed by atoms with Crippen LogP contribution in [0.4, 0.5) is 4.79 Å². The lowest BCUT2D eigenvalue weighted by molar-refractivity contribution is -0.210. The molecule has 5 aliphatic carbocycles. The third-order valence-electron chi connectivity index (χ3n) is 14.8. The van der Waals surface area contributed by atoms with Gasteiger partial charge in [0.25, 0.3) is 0 Å². The Morgan fingerprint density at radius 3 is 2.35 bits per heavy atom. The van der Waals surface area contributed by atoms with Gasteiger partial charge in [0.15, 0.2) is 0 Å². The monoisotopic (exact) mass is 587 g/mol. The number of carboxylic acids is 1. The zero-order chi connectivity index (χ0) is 30.2. The molecule has 6 unspecified atom stereocenters. The van der Waals surface area contributed by atoms with E-state index in [1.54, 1.807) is 12.1 Å². The molecule has 1 aromatic carbocycles. The minimum absolute atomic E-state index is 0.0103. The number of carbonyl (C=O) groups is 2. The number of carbonyl (C=O) groups excluding carboxylic acids is 1. The van der Waals surface area contributed by atoms with Crippen LogP contribution in [-0.4, -0.2) is 53.7 Å². The van der Waals surface area contributed by atoms with Crippen LogP contribution in [0.1, 0.15) is 108 Å². The second-order valence-corrected chi connectivity index (χ2v) is 16.1. The molecular weight excluding hydrogens is 534 g/mol. The molecule has 0 spiro atoms. The number of hydrogen-bond acceptors (Lipinski definition) is 3. The summed E-state index contributed by atoms with van der Waals surface area (Å²) in [6, 6.07) is 7.74. The molecule has 1 saturated heterocycles. The van der Waals surface area contributed by atoms with Gasteiger partial charge < -0.3 is 20.6 Å². The highest BCUT2D eigenvalue weighted by Crippen LogP contribution is 2.75. The molecule has 234 valence electrons. The minimum atomic E-state index is -0.861. The van der Waals surface area contributed by atoms with Crippen LogP contribution in [-0.2, 0) is 0 Å². The third kappa shape index (κ3) is 4.28. The van der Waals surface area contributed by atoms with E-state index in [1.165, 1.54) is 56.1 Å². The van der Waals surface area contributed by atoms with Gasteiger partial charge in [-0.3, -0.25) is 0 Å². The maximum absolute atomic E-state index is 13.5. The molecule has 4 saturated carbocycles. The Bertz CT molecular complexity index is 1300. The smallest absolute Gasteiger partial charge is 0.335 e. The summed E-state index contributed by atoms with van der Waals surface area (Å²) in [6.45, 7) is 13.8. The van der Waals surface area contributed by atoms with Crippen molar-refractivity contribution in [1.82, 2.24) is 15.5 Å². The average Bonchev–Trinajstić information content (AvgIpc) is 3.42. The molecule has 0 aromatic heterocycles. The zero-order valence-electron chi connectivity index (χ0n) is 26.9. The molecule has 6 aliphatic rings. The van der Waals surface area contributed by atoms with E-state index in [2.05, 4.69) is 44.4 Å². The largest absolute Gasteiger partial charge is 0.478 e. The number of carboxylic acid groups (broad SMARTS) is 1. The van der Waals surface area contributed by atoms with Crippen molar-refractivity contribution >= 4 is 17.6 Å². The van der Waals surface area contributed by atoms with Gasteiger partial charge in [-0.05, 0) is 127 Å². The Kier molecular flexibility index (Phi) is 7.07. The summed E-state index contributed by atoms with van der Waals surface area (Å²) in [7, 11) is 0. The van der Waals surface area contributed by atoms with Crippen LogP contribution >= 0.6 is 0 Å². The maximum Gasteiger partial charge on any atom is 0.335 e. The molecule has 7 rings (SSSR count). The number of aromatic carboxylic acids is 1. The third-order valence-corrected chi connectivity index (χ3v) is 14.8. The van der Waals surface area contributed by atoms with E-state index >= 15 is 0 Å². The van der Waals surface area contributed by atoms with Gasteiger partial charge in [0.1, 0.15) is 0 Å². The highest BCUT2D eigenvalue weighted by atomic mass is 16.4. The van der Waals surface area contributed by atoms with Gasteiger partial charge in [0, 0.05) is 31.7 Å². The van der Waals surface area contributed by atoms with Crippen molar-refractivity contribution in [3.63, 3.8) is 0 Å². The van der Waals surface area contributed by atoms with Crippen LogP contribution in [0, 0.1) is 45.8 Å². The van der Waals surface area contributed by atoms with Crippen molar-refractivity contribution < 1.29 is 14.7 Å². The van der Waals surface area contributed by atoms with Crippen LogP contribution in [0.3, 0.4) is 0 Å². The van der Waals surface area contributed by atoms with Crippen molar-refractivity contribution in [3.8, 4) is 0 Å². The van der Waals surface area contributed by atoms with Crippen LogP contribution < -0.4 is 10.6 Å². The van der Waals surface area contributed by atoms with E-state index in [0.29, 0.717) is 46.0 Å². The number of nitrogens with one attached hydrogen (secondary N) is 2. The van der Waals surface area contributed by atoms with Crippen molar-refractivity contribution in [1.29, 1.82) is 0 Å². The first-order valence-corrected chi connectivity index (χ1v) is 17.3. The minimum Gasteiger partial charge on any atom is -0.478 e. The van der Waals surface area contributed by atoms with Gasteiger partial charge in [0.2, 0.25) is 0 Å². The Balaban J connectivity index is 1.14. The van der Waals surface area contributed by atoms with E-state index in [4.69, 9.17) is 0 Å². The summed E-state index contributed by atoms with van der Waals surface area (Å²) >= 11 is 0. The molecular formula is C37H53N3O3. The quantitative estimate of drug-likeness (QED) is 0.349. The van der Waals surface area contributed by atoms with Gasteiger partial charge in [-0.15, -0.1) is 0 Å². The van der Waals surface area contributed by atoms with Crippen molar-refractivity contribution in [2.24, 2.45) is 45.8 Å². The van der Waals surface area contributed by atoms with E-state index in [-0.39, 0.29) is 17.0 Å². The van der Waals surface area contributed by atoms with Gasteiger partial charge in [0.05, 0.1) is 5.56 Å². The second-order valence-electron chi connectivity index (χ2n) is 16.1. The van der Waals surface area contributed by atoms with Gasteiger partial charge >= 0.3 is 12.0 Å². The number of piperazine rings is 1. The fourth-order valence-electron chi connectivity index (χ4n) is 12.4. The van der Waals surface area contributed by atoms with Crippen LogP contribution in [0.5, 0.6) is 0 Å². The SMILES string of the molecule is CC1C(c2ccc(C(=O)O)cc2)=CCC2(C)C1CCC1(C)C2CC[C@@H]2C3CCC[C@]3(NC(=O)N3CCNCC3)CC[C@]21C. The summed E-state index contributed by atoms with van der Waals surface area (Å²) in [6.07, 6.45) is 14.9. The number of benzene rings is 1. The first-order valence-electron chi connectivity index (χ1n) is 17.3. The number of amides is 2. The standard InChI is InChI=1S/C37H53N3O3/c1-24-27(25-7-9-26(10-8-25)32(41)42)13-16-34(2)28(24)14-17-36(4)31(34)12-11-29-30-6-5-15-37(30,19-18-35(29,36)3)39-33(43)40-22-20-38-21-23-40/h7-10,13,24,28-31,38H,5-6,11-12,14-23H2,1-4H3,(H,39,43)(H,41,42)/t24?,28?,29-,30?,31?,34?,35-,36?,37+/m1/s1. The fourth-order valence-corrected chi connectivity index (χ4v) is 12.4. The summed E-state index contributed by atoms with van der Waals surface area (Å²) in [4.78, 5) is 27.0. The molecule has 1 heterocycles. The van der Waals surface area contributed by atoms with E-state index in [9.17, 15) is 14.7 Å². The number of fused-ring (bicyclic) bond motifs is 7. The molecule has 6 heteroatoms. The summed E-state index contributed by atoms with van der Waals surface area (Å²) in [5.41, 5.74) is 3.86. The first kappa shape index (κ1) is 29.4. The number of hydrogen-bond donors (Lipinski definition) is 3. The molecule has 3 N–H and O–H groups in total. The predicted octanol–water partition coefficient (Wildman–Crippen LogP) is 7.21. The molecule has 0 radical (unpaired) electrons. The van der Waals surface area contributed by atoms with Gasteiger partial charge in [-0.2, -0.15) is 0 Å². The Labute approximate surface area is 258 Å². The van der Waals surface area contributed by atoms with Gasteiger partial charge in [-0.25, -0.2) is 9.59 Å². The summed E-state index contributed by atoms with van der Waals surface area (Å²) < 4.78 is 0. The molecule has 9 atom stereocenters. The molecule has 2 amide bonds. The van der Waals surface area contributed by atoms with Crippen molar-refractivity contribution in [2.75, 3.05) is 26.2 Å². The molecule has 43 heavy (non-hydrogen) atoms. The lowest BCUT2D eigenvalue weighted by Gasteiger charge is -2.71. The number of rotatable bonds is 3. The van der Waals surface area contributed by atoms with Crippen molar-refractivity contribution in [2.45, 2.75) is 97.4 Å². The number of allylic oxidation sites excluding steroid dienone is 2. The summed E-state index contributed by atoms with van der Waals surface area (Å²) in [5, 5.41) is 16.5. The van der Waals surface area contributed by atoms with E-state index < -0.39 is 5.97 Å². The Morgan fingerprint density at radius 1 is 0.884 bits per heavy atom. The zero-order valence-corrected chi connectivity index (χ0v) is 26.9. The van der Waals surface area contributed by atoms with Gasteiger partial charge in [-0.1, -0.05) is 52.3 Å². The van der Waals surface area contributed by atoms with Crippen LogP contribution in [0.2, 0.25) is 0 Å². The summed E-state index contributed by atoms with van der Waals surface area (Å²) in [5.74, 6) is 2.26. The normalized spacial score (nSPS) is 43.9. The maximum atomic E-state index is 13.5. The van der Waals surface area contributed by atoms with Crippen molar-refractivity contribution in [3.05, 3.63) is 41.5 Å². The first-order chi connectivity index (χ1) is 20.5. The number of nitrogens with zero attached hydrogens (tertiary/aromatic N) is 1. The molecule has 5 fully saturated rings. The predicted molar refractivity (Wildman–Crippen MR) is 171 cm³/mol. The molecule has 0 bridgehead atoms. The highest BCUT2D eigenvalue weighted by molar-refractivity contribution is 5.88. The second kappa shape index (κ2) is 10.4. The lowest BCUT2D eigenvalue weighted by Crippen LogP contribution is -2.68. The van der Waals surface area contributed by atoms with E-state index in [1.807, 2.05) is 17.0 Å².